The van der Waals surface area contributed by atoms with Crippen molar-refractivity contribution in [3.05, 3.63) is 29.6 Å². The topological polar surface area (TPSA) is 56.5 Å². The highest BCUT2D eigenvalue weighted by Crippen LogP contribution is 2.51. The second kappa shape index (κ2) is 5.48. The molecule has 1 aliphatic rings. The van der Waals surface area contributed by atoms with Crippen LogP contribution < -0.4 is 0 Å². The first-order chi connectivity index (χ1) is 10.8. The number of ether oxygens (including phenoxy) is 1. The molecule has 3 rings (SSSR count). The number of esters is 1. The molecule has 0 aliphatic heterocycles. The van der Waals surface area contributed by atoms with Crippen LogP contribution >= 0.6 is 11.6 Å². The van der Waals surface area contributed by atoms with E-state index in [9.17, 15) is 4.79 Å². The van der Waals surface area contributed by atoms with Gasteiger partial charge in [-0.15, -0.1) is 0 Å². The Balaban J connectivity index is 1.94. The van der Waals surface area contributed by atoms with Crippen LogP contribution in [0.3, 0.4) is 0 Å². The second-order valence-electron chi connectivity index (χ2n) is 7.31. The first kappa shape index (κ1) is 16.2. The molecule has 0 N–H and O–H groups in total. The summed E-state index contributed by atoms with van der Waals surface area (Å²) in [6.45, 7) is 7.91. The van der Waals surface area contributed by atoms with Crippen molar-refractivity contribution in [3.8, 4) is 0 Å². The lowest BCUT2D eigenvalue weighted by Gasteiger charge is -2.27. The molecule has 0 spiro atoms. The molecule has 0 amide bonds. The molecule has 5 nitrogen and oxygen atoms in total. The summed E-state index contributed by atoms with van der Waals surface area (Å²) in [6, 6.07) is 0. The molecular weight excluding hydrogens is 314 g/mol. The summed E-state index contributed by atoms with van der Waals surface area (Å²) in [4.78, 5) is 21.1. The quantitative estimate of drug-likeness (QED) is 0.801. The highest BCUT2D eigenvalue weighted by atomic mass is 35.5. The van der Waals surface area contributed by atoms with E-state index in [1.165, 1.54) is 0 Å². The molecule has 0 saturated heterocycles. The largest absolute Gasteiger partial charge is 0.463 e. The predicted octanol–water partition coefficient (Wildman–Crippen LogP) is 3.78. The van der Waals surface area contributed by atoms with Crippen LogP contribution in [-0.2, 0) is 14.9 Å². The van der Waals surface area contributed by atoms with Crippen LogP contribution in [0.15, 0.2) is 18.6 Å². The average molecular weight is 336 g/mol. The molecule has 1 saturated carbocycles. The zero-order chi connectivity index (χ0) is 16.8. The minimum absolute atomic E-state index is 0.0942. The third kappa shape index (κ3) is 2.71. The van der Waals surface area contributed by atoms with Crippen molar-refractivity contribution in [2.24, 2.45) is 5.41 Å². The van der Waals surface area contributed by atoms with Crippen molar-refractivity contribution >= 4 is 23.1 Å². The first-order valence-corrected chi connectivity index (χ1v) is 8.32. The number of imidazole rings is 1. The van der Waals surface area contributed by atoms with Gasteiger partial charge in [0.2, 0.25) is 0 Å². The zero-order valence-corrected chi connectivity index (χ0v) is 14.7. The Bertz CT molecular complexity index is 757. The predicted molar refractivity (Wildman–Crippen MR) is 88.5 cm³/mol. The van der Waals surface area contributed by atoms with Gasteiger partial charge in [0.1, 0.15) is 11.3 Å². The van der Waals surface area contributed by atoms with Gasteiger partial charge in [-0.1, -0.05) is 18.5 Å². The Hall–Kier alpha value is -1.62. The van der Waals surface area contributed by atoms with Gasteiger partial charge < -0.3 is 4.74 Å². The molecular formula is C17H22ClN3O2. The first-order valence-electron chi connectivity index (χ1n) is 7.94. The molecule has 0 bridgehead atoms. The Morgan fingerprint density at radius 2 is 2.09 bits per heavy atom. The maximum atomic E-state index is 12.5. The maximum absolute atomic E-state index is 12.5. The van der Waals surface area contributed by atoms with Crippen molar-refractivity contribution in [1.82, 2.24) is 14.4 Å². The van der Waals surface area contributed by atoms with Gasteiger partial charge in [-0.05, 0) is 40.0 Å². The van der Waals surface area contributed by atoms with Gasteiger partial charge in [0.25, 0.3) is 0 Å². The lowest BCUT2D eigenvalue weighted by Crippen LogP contribution is -2.32. The van der Waals surface area contributed by atoms with E-state index in [1.54, 1.807) is 12.4 Å². The number of rotatable bonds is 3. The normalized spacial score (nSPS) is 27.7. The van der Waals surface area contributed by atoms with Gasteiger partial charge in [-0.25, -0.2) is 9.97 Å². The van der Waals surface area contributed by atoms with Crippen LogP contribution in [0.25, 0.3) is 5.52 Å². The third-order valence-electron chi connectivity index (χ3n) is 4.80. The lowest BCUT2D eigenvalue weighted by atomic mass is 9.81. The Kier molecular flexibility index (Phi) is 3.87. The Morgan fingerprint density at radius 3 is 2.78 bits per heavy atom. The molecule has 124 valence electrons. The SMILES string of the molecule is CC(C)OC(=O)[C@]1(C)CC[C@](C)(c2ncc3c(Cl)nccn23)C1. The van der Waals surface area contributed by atoms with Crippen LogP contribution in [0.2, 0.25) is 5.15 Å². The van der Waals surface area contributed by atoms with Crippen LogP contribution in [0.5, 0.6) is 0 Å². The van der Waals surface area contributed by atoms with Crippen LogP contribution in [0.1, 0.15) is 52.8 Å². The average Bonchev–Trinajstić information content (AvgIpc) is 3.03. The zero-order valence-electron chi connectivity index (χ0n) is 14.0. The van der Waals surface area contributed by atoms with Crippen molar-refractivity contribution in [3.63, 3.8) is 0 Å². The molecule has 6 heteroatoms. The van der Waals surface area contributed by atoms with E-state index < -0.39 is 5.41 Å². The summed E-state index contributed by atoms with van der Waals surface area (Å²) in [6.07, 6.45) is 7.59. The molecule has 1 fully saturated rings. The van der Waals surface area contributed by atoms with E-state index in [2.05, 4.69) is 16.9 Å². The Labute approximate surface area is 141 Å². The summed E-state index contributed by atoms with van der Waals surface area (Å²) in [5.41, 5.74) is 0.132. The molecule has 0 radical (unpaired) electrons. The summed E-state index contributed by atoms with van der Waals surface area (Å²) in [7, 11) is 0. The highest BCUT2D eigenvalue weighted by molar-refractivity contribution is 6.32. The summed E-state index contributed by atoms with van der Waals surface area (Å²) in [5.74, 6) is 0.814. The van der Waals surface area contributed by atoms with Gasteiger partial charge >= 0.3 is 5.97 Å². The van der Waals surface area contributed by atoms with Crippen molar-refractivity contribution in [2.45, 2.75) is 58.5 Å². The van der Waals surface area contributed by atoms with E-state index in [0.29, 0.717) is 11.6 Å². The molecule has 1 aliphatic carbocycles. The van der Waals surface area contributed by atoms with Crippen molar-refractivity contribution in [1.29, 1.82) is 0 Å². The van der Waals surface area contributed by atoms with Gasteiger partial charge in [-0.2, -0.15) is 0 Å². The second-order valence-corrected chi connectivity index (χ2v) is 7.67. The molecule has 2 atom stereocenters. The summed E-state index contributed by atoms with van der Waals surface area (Å²) >= 11 is 6.14. The van der Waals surface area contributed by atoms with E-state index in [-0.39, 0.29) is 17.5 Å². The van der Waals surface area contributed by atoms with Crippen molar-refractivity contribution < 1.29 is 9.53 Å². The highest BCUT2D eigenvalue weighted by Gasteiger charge is 2.50. The number of hydrogen-bond acceptors (Lipinski definition) is 4. The monoisotopic (exact) mass is 335 g/mol. The molecule has 23 heavy (non-hydrogen) atoms. The fraction of sp³-hybridized carbons (Fsp3) is 0.588. The number of carbonyl (C=O) groups is 1. The molecule has 2 aromatic rings. The van der Waals surface area contributed by atoms with E-state index in [4.69, 9.17) is 16.3 Å². The number of fused-ring (bicyclic) bond motifs is 1. The number of carbonyl (C=O) groups excluding carboxylic acids is 1. The minimum Gasteiger partial charge on any atom is -0.463 e. The summed E-state index contributed by atoms with van der Waals surface area (Å²) < 4.78 is 7.44. The van der Waals surface area contributed by atoms with E-state index in [1.807, 2.05) is 31.4 Å². The standard InChI is InChI=1S/C17H22ClN3O2/c1-11(2)23-15(22)17(4)6-5-16(3,10-17)14-20-9-12-13(18)19-7-8-21(12)14/h7-9,11H,5-6,10H2,1-4H3/t16-,17+/m0/s1. The third-order valence-corrected chi connectivity index (χ3v) is 5.09. The molecule has 2 heterocycles. The van der Waals surface area contributed by atoms with Gasteiger partial charge in [0, 0.05) is 17.8 Å². The lowest BCUT2D eigenvalue weighted by molar-refractivity contribution is -0.158. The van der Waals surface area contributed by atoms with Crippen LogP contribution in [0, 0.1) is 5.41 Å². The van der Waals surface area contributed by atoms with Gasteiger partial charge in [0.15, 0.2) is 5.15 Å². The number of halogens is 1. The van der Waals surface area contributed by atoms with Crippen LogP contribution in [0.4, 0.5) is 0 Å². The molecule has 0 aromatic carbocycles. The van der Waals surface area contributed by atoms with E-state index >= 15 is 0 Å². The molecule has 2 aromatic heterocycles. The minimum atomic E-state index is -0.471. The van der Waals surface area contributed by atoms with Gasteiger partial charge in [-0.3, -0.25) is 9.20 Å². The number of hydrogen-bond donors (Lipinski definition) is 0. The smallest absolute Gasteiger partial charge is 0.312 e. The fourth-order valence-corrected chi connectivity index (χ4v) is 3.85. The Morgan fingerprint density at radius 1 is 1.35 bits per heavy atom. The van der Waals surface area contributed by atoms with E-state index in [0.717, 1.165) is 24.2 Å². The van der Waals surface area contributed by atoms with Crippen molar-refractivity contribution in [2.75, 3.05) is 0 Å². The fourth-order valence-electron chi connectivity index (χ4n) is 3.65. The number of nitrogens with zero attached hydrogens (tertiary/aromatic N) is 3. The van der Waals surface area contributed by atoms with Gasteiger partial charge in [0.05, 0.1) is 17.7 Å². The number of aromatic nitrogens is 3. The summed E-state index contributed by atoms with van der Waals surface area (Å²) in [5, 5.41) is 0.440. The molecule has 0 unspecified atom stereocenters. The van der Waals surface area contributed by atoms with Crippen LogP contribution in [-0.4, -0.2) is 26.4 Å². The maximum Gasteiger partial charge on any atom is 0.312 e.